The first-order chi connectivity index (χ1) is 13.5. The molecule has 0 aliphatic carbocycles. The molecule has 1 aromatic heterocycles. The van der Waals surface area contributed by atoms with Crippen molar-refractivity contribution in [3.63, 3.8) is 0 Å². The highest BCUT2D eigenvalue weighted by Crippen LogP contribution is 2.26. The van der Waals surface area contributed by atoms with E-state index < -0.39 is 6.10 Å². The van der Waals surface area contributed by atoms with E-state index in [0.29, 0.717) is 12.5 Å². The molecule has 1 aliphatic heterocycles. The molecule has 0 bridgehead atoms. The van der Waals surface area contributed by atoms with Gasteiger partial charge in [0.05, 0.1) is 16.3 Å². The molecular formula is C21H23BrClFN2O2S. The highest BCUT2D eigenvalue weighted by atomic mass is 79.9. The van der Waals surface area contributed by atoms with Crippen molar-refractivity contribution in [3.8, 4) is 0 Å². The Balaban J connectivity index is 0.00000240. The van der Waals surface area contributed by atoms with Crippen LogP contribution in [0.25, 0.3) is 10.2 Å². The fraction of sp³-hybridized carbons (Fsp3) is 0.381. The SMILES string of the molecule is Cl.O=c1sc2cc(Br)ccc2n1CC1CCN(C[C@H](O)c2ccc(F)cc2)CC1. The number of β-amino-alcohol motifs (C(OH)–C–C–N with tert-alkyl or cyclic N) is 1. The monoisotopic (exact) mass is 500 g/mol. The first-order valence-corrected chi connectivity index (χ1v) is 11.1. The first kappa shape index (κ1) is 22.4. The van der Waals surface area contributed by atoms with Gasteiger partial charge in [-0.05, 0) is 67.7 Å². The molecule has 1 atom stereocenters. The predicted octanol–water partition coefficient (Wildman–Crippen LogP) is 4.83. The zero-order valence-corrected chi connectivity index (χ0v) is 19.0. The number of thiazole rings is 1. The fourth-order valence-corrected chi connectivity index (χ4v) is 5.31. The van der Waals surface area contributed by atoms with E-state index in [-0.39, 0.29) is 23.1 Å². The maximum Gasteiger partial charge on any atom is 0.308 e. The molecule has 0 unspecified atom stereocenters. The summed E-state index contributed by atoms with van der Waals surface area (Å²) in [5.41, 5.74) is 1.75. The molecule has 0 spiro atoms. The molecule has 0 saturated carbocycles. The summed E-state index contributed by atoms with van der Waals surface area (Å²) < 4.78 is 16.9. The Hall–Kier alpha value is -1.25. The fourth-order valence-electron chi connectivity index (χ4n) is 3.86. The molecule has 156 valence electrons. The summed E-state index contributed by atoms with van der Waals surface area (Å²) in [5, 5.41) is 10.4. The van der Waals surface area contributed by atoms with Crippen molar-refractivity contribution in [2.24, 2.45) is 5.92 Å². The molecule has 1 fully saturated rings. The number of likely N-dealkylation sites (tertiary alicyclic amines) is 1. The molecule has 2 heterocycles. The zero-order valence-electron chi connectivity index (χ0n) is 15.8. The molecule has 0 amide bonds. The third-order valence-electron chi connectivity index (χ3n) is 5.46. The summed E-state index contributed by atoms with van der Waals surface area (Å²) in [7, 11) is 0. The highest BCUT2D eigenvalue weighted by molar-refractivity contribution is 9.10. The quantitative estimate of drug-likeness (QED) is 0.545. The lowest BCUT2D eigenvalue weighted by Crippen LogP contribution is -2.38. The van der Waals surface area contributed by atoms with Crippen molar-refractivity contribution in [2.75, 3.05) is 19.6 Å². The van der Waals surface area contributed by atoms with Crippen LogP contribution in [0.2, 0.25) is 0 Å². The minimum atomic E-state index is -0.612. The lowest BCUT2D eigenvalue weighted by Gasteiger charge is -2.33. The third-order valence-corrected chi connectivity index (χ3v) is 6.90. The number of aliphatic hydroxyl groups excluding tert-OH is 1. The zero-order chi connectivity index (χ0) is 19.7. The Morgan fingerprint density at radius 3 is 2.55 bits per heavy atom. The van der Waals surface area contributed by atoms with Crippen LogP contribution in [0.15, 0.2) is 51.7 Å². The summed E-state index contributed by atoms with van der Waals surface area (Å²) in [4.78, 5) is 14.8. The van der Waals surface area contributed by atoms with Crippen molar-refractivity contribution in [1.82, 2.24) is 9.47 Å². The highest BCUT2D eigenvalue weighted by Gasteiger charge is 2.23. The van der Waals surface area contributed by atoms with Crippen LogP contribution in [0.4, 0.5) is 4.39 Å². The first-order valence-electron chi connectivity index (χ1n) is 9.44. The second-order valence-electron chi connectivity index (χ2n) is 7.40. The van der Waals surface area contributed by atoms with Gasteiger partial charge in [0.1, 0.15) is 5.82 Å². The molecule has 8 heteroatoms. The van der Waals surface area contributed by atoms with Crippen LogP contribution in [-0.4, -0.2) is 34.2 Å². The number of hydrogen-bond donors (Lipinski definition) is 1. The molecule has 4 nitrogen and oxygen atoms in total. The van der Waals surface area contributed by atoms with E-state index in [1.807, 2.05) is 22.8 Å². The van der Waals surface area contributed by atoms with Crippen LogP contribution in [0.5, 0.6) is 0 Å². The van der Waals surface area contributed by atoms with Gasteiger partial charge in [-0.1, -0.05) is 39.4 Å². The summed E-state index contributed by atoms with van der Waals surface area (Å²) in [6, 6.07) is 12.0. The molecule has 2 aromatic carbocycles. The molecule has 4 rings (SSSR count). The Morgan fingerprint density at radius 2 is 1.86 bits per heavy atom. The third kappa shape index (κ3) is 5.27. The lowest BCUT2D eigenvalue weighted by atomic mass is 9.96. The Bertz CT molecular complexity index is 1020. The number of aromatic nitrogens is 1. The smallest absolute Gasteiger partial charge is 0.308 e. The Labute approximate surface area is 187 Å². The van der Waals surface area contributed by atoms with E-state index in [1.54, 1.807) is 12.1 Å². The topological polar surface area (TPSA) is 45.5 Å². The van der Waals surface area contributed by atoms with Gasteiger partial charge in [-0.2, -0.15) is 0 Å². The molecule has 3 aromatic rings. The van der Waals surface area contributed by atoms with E-state index in [4.69, 9.17) is 0 Å². The average Bonchev–Trinajstić information content (AvgIpc) is 2.98. The minimum Gasteiger partial charge on any atom is -0.387 e. The van der Waals surface area contributed by atoms with Crippen molar-refractivity contribution in [1.29, 1.82) is 0 Å². The normalized spacial score (nSPS) is 16.7. The summed E-state index contributed by atoms with van der Waals surface area (Å²) in [5.74, 6) is 0.165. The molecule has 29 heavy (non-hydrogen) atoms. The molecule has 1 N–H and O–H groups in total. The minimum absolute atomic E-state index is 0. The number of benzene rings is 2. The van der Waals surface area contributed by atoms with Gasteiger partial charge in [-0.3, -0.25) is 9.36 Å². The molecular weight excluding hydrogens is 479 g/mol. The Kier molecular flexibility index (Phi) is 7.51. The van der Waals surface area contributed by atoms with Gasteiger partial charge >= 0.3 is 4.87 Å². The van der Waals surface area contributed by atoms with Gasteiger partial charge in [-0.25, -0.2) is 4.39 Å². The average molecular weight is 502 g/mol. The number of hydrogen-bond acceptors (Lipinski definition) is 4. The predicted molar refractivity (Wildman–Crippen MR) is 122 cm³/mol. The standard InChI is InChI=1S/C21H22BrFN2O2S.ClH/c22-16-3-6-18-20(11-16)28-21(27)25(18)12-14-7-9-24(10-8-14)13-19(26)15-1-4-17(23)5-2-15;/h1-6,11,14,19,26H,7-10,12-13H2;1H/t19-;/m0./s1. The van der Waals surface area contributed by atoms with Crippen molar-refractivity contribution >= 4 is 49.9 Å². The van der Waals surface area contributed by atoms with Gasteiger partial charge in [0, 0.05) is 17.6 Å². The number of fused-ring (bicyclic) bond motifs is 1. The van der Waals surface area contributed by atoms with Gasteiger partial charge in [-0.15, -0.1) is 12.4 Å². The van der Waals surface area contributed by atoms with Crippen LogP contribution in [0, 0.1) is 11.7 Å². The molecule has 1 saturated heterocycles. The largest absolute Gasteiger partial charge is 0.387 e. The Morgan fingerprint density at radius 1 is 1.17 bits per heavy atom. The number of aliphatic hydroxyl groups is 1. The van der Waals surface area contributed by atoms with Crippen molar-refractivity contribution in [2.45, 2.75) is 25.5 Å². The summed E-state index contributed by atoms with van der Waals surface area (Å²) >= 11 is 4.76. The van der Waals surface area contributed by atoms with Crippen LogP contribution in [0.1, 0.15) is 24.5 Å². The van der Waals surface area contributed by atoms with Crippen LogP contribution in [-0.2, 0) is 6.54 Å². The lowest BCUT2D eigenvalue weighted by molar-refractivity contribution is 0.0867. The van der Waals surface area contributed by atoms with Gasteiger partial charge in [0.25, 0.3) is 0 Å². The number of nitrogens with zero attached hydrogens (tertiary/aromatic N) is 2. The van der Waals surface area contributed by atoms with E-state index in [0.717, 1.165) is 52.7 Å². The van der Waals surface area contributed by atoms with Gasteiger partial charge < -0.3 is 10.0 Å². The van der Waals surface area contributed by atoms with E-state index in [2.05, 4.69) is 20.8 Å². The number of piperidine rings is 1. The second kappa shape index (κ2) is 9.71. The van der Waals surface area contributed by atoms with Crippen LogP contribution < -0.4 is 4.87 Å². The second-order valence-corrected chi connectivity index (χ2v) is 9.31. The maximum absolute atomic E-state index is 13.0. The summed E-state index contributed by atoms with van der Waals surface area (Å²) in [6.07, 6.45) is 1.38. The van der Waals surface area contributed by atoms with E-state index >= 15 is 0 Å². The number of halogens is 3. The van der Waals surface area contributed by atoms with Gasteiger partial charge in [0.15, 0.2) is 0 Å². The molecule has 0 radical (unpaired) electrons. The van der Waals surface area contributed by atoms with Crippen molar-refractivity contribution < 1.29 is 9.50 Å². The van der Waals surface area contributed by atoms with Crippen LogP contribution in [0.3, 0.4) is 0 Å². The van der Waals surface area contributed by atoms with E-state index in [9.17, 15) is 14.3 Å². The van der Waals surface area contributed by atoms with E-state index in [1.165, 1.54) is 23.5 Å². The van der Waals surface area contributed by atoms with Crippen molar-refractivity contribution in [3.05, 3.63) is 68.0 Å². The number of rotatable bonds is 5. The molecule has 1 aliphatic rings. The maximum atomic E-state index is 13.0. The van der Waals surface area contributed by atoms with Gasteiger partial charge in [0.2, 0.25) is 0 Å². The van der Waals surface area contributed by atoms with Crippen LogP contribution >= 0.6 is 39.7 Å². The summed E-state index contributed by atoms with van der Waals surface area (Å²) in [6.45, 7) is 3.08.